The number of hydrogen-bond donors (Lipinski definition) is 2. The Morgan fingerprint density at radius 2 is 1.41 bits per heavy atom. The van der Waals surface area contributed by atoms with Crippen molar-refractivity contribution in [2.45, 2.75) is 0 Å². The van der Waals surface area contributed by atoms with Gasteiger partial charge in [0.25, 0.3) is 0 Å². The van der Waals surface area contributed by atoms with Crippen LogP contribution in [0.2, 0.25) is 0 Å². The first-order valence-electron chi connectivity index (χ1n) is 4.91. The molecule has 1 amide bonds. The van der Waals surface area contributed by atoms with Gasteiger partial charge in [0.2, 0.25) is 0 Å². The number of rotatable bonds is 2. The van der Waals surface area contributed by atoms with Crippen LogP contribution >= 0.6 is 12.4 Å². The van der Waals surface area contributed by atoms with E-state index in [1.54, 1.807) is 12.1 Å². The van der Waals surface area contributed by atoms with Gasteiger partial charge in [-0.1, -0.05) is 42.5 Å². The molecule has 4 heteroatoms. The Bertz CT molecular complexity index is 483. The van der Waals surface area contributed by atoms with Crippen LogP contribution < -0.4 is 5.32 Å². The van der Waals surface area contributed by atoms with Gasteiger partial charge in [0.05, 0.1) is 0 Å². The van der Waals surface area contributed by atoms with Crippen molar-refractivity contribution in [1.82, 2.24) is 0 Å². The molecule has 17 heavy (non-hydrogen) atoms. The van der Waals surface area contributed by atoms with Gasteiger partial charge >= 0.3 is 6.09 Å². The molecular formula is C13H12ClNO2. The minimum Gasteiger partial charge on any atom is -0.465 e. The fourth-order valence-electron chi connectivity index (χ4n) is 1.50. The smallest absolute Gasteiger partial charge is 0.409 e. The van der Waals surface area contributed by atoms with Gasteiger partial charge in [-0.05, 0) is 23.3 Å². The Kier molecular flexibility index (Phi) is 4.55. The van der Waals surface area contributed by atoms with E-state index in [1.807, 2.05) is 42.5 Å². The number of hydrogen-bond acceptors (Lipinski definition) is 1. The van der Waals surface area contributed by atoms with E-state index >= 15 is 0 Å². The molecule has 0 radical (unpaired) electrons. The highest BCUT2D eigenvalue weighted by Gasteiger charge is 1.99. The van der Waals surface area contributed by atoms with Gasteiger partial charge in [0, 0.05) is 5.69 Å². The molecule has 0 bridgehead atoms. The van der Waals surface area contributed by atoms with E-state index in [0.717, 1.165) is 11.1 Å². The monoisotopic (exact) mass is 249 g/mol. The molecule has 0 spiro atoms. The van der Waals surface area contributed by atoms with Gasteiger partial charge in [0.1, 0.15) is 0 Å². The SMILES string of the molecule is Cl.O=C(O)Nc1ccc(-c2ccccc2)cc1. The van der Waals surface area contributed by atoms with Crippen molar-refractivity contribution >= 4 is 24.2 Å². The Hall–Kier alpha value is -2.00. The average molecular weight is 250 g/mol. The summed E-state index contributed by atoms with van der Waals surface area (Å²) in [5, 5.41) is 10.8. The fraction of sp³-hybridized carbons (Fsp3) is 0. The van der Waals surface area contributed by atoms with Crippen molar-refractivity contribution in [3.05, 3.63) is 54.6 Å². The van der Waals surface area contributed by atoms with Crippen LogP contribution in [0.1, 0.15) is 0 Å². The van der Waals surface area contributed by atoms with E-state index in [9.17, 15) is 4.79 Å². The third-order valence-electron chi connectivity index (χ3n) is 2.24. The second kappa shape index (κ2) is 5.92. The predicted octanol–water partition coefficient (Wildman–Crippen LogP) is 3.87. The van der Waals surface area contributed by atoms with Crippen LogP contribution in [0, 0.1) is 0 Å². The number of nitrogens with one attached hydrogen (secondary N) is 1. The first kappa shape index (κ1) is 13.1. The summed E-state index contributed by atoms with van der Waals surface area (Å²) < 4.78 is 0. The molecule has 0 aliphatic heterocycles. The maximum Gasteiger partial charge on any atom is 0.409 e. The molecule has 88 valence electrons. The lowest BCUT2D eigenvalue weighted by atomic mass is 10.1. The molecule has 0 atom stereocenters. The Balaban J connectivity index is 0.00000144. The van der Waals surface area contributed by atoms with Crippen molar-refractivity contribution in [1.29, 1.82) is 0 Å². The van der Waals surface area contributed by atoms with Gasteiger partial charge in [-0.25, -0.2) is 4.79 Å². The molecule has 0 saturated heterocycles. The van der Waals surface area contributed by atoms with E-state index in [0.29, 0.717) is 5.69 Å². The number of carbonyl (C=O) groups is 1. The van der Waals surface area contributed by atoms with Gasteiger partial charge in [-0.2, -0.15) is 0 Å². The van der Waals surface area contributed by atoms with Gasteiger partial charge < -0.3 is 5.11 Å². The highest BCUT2D eigenvalue weighted by molar-refractivity contribution is 5.85. The maximum atomic E-state index is 10.4. The number of anilines is 1. The Morgan fingerprint density at radius 1 is 0.882 bits per heavy atom. The summed E-state index contributed by atoms with van der Waals surface area (Å²) in [6.07, 6.45) is -1.05. The molecule has 2 aromatic carbocycles. The molecule has 0 unspecified atom stereocenters. The average Bonchev–Trinajstić information content (AvgIpc) is 2.30. The zero-order chi connectivity index (χ0) is 11.4. The highest BCUT2D eigenvalue weighted by atomic mass is 35.5. The van der Waals surface area contributed by atoms with Crippen LogP contribution in [0.4, 0.5) is 10.5 Å². The molecular weight excluding hydrogens is 238 g/mol. The molecule has 0 aromatic heterocycles. The molecule has 3 nitrogen and oxygen atoms in total. The zero-order valence-corrected chi connectivity index (χ0v) is 9.78. The molecule has 2 rings (SSSR count). The first-order valence-corrected chi connectivity index (χ1v) is 4.91. The molecule has 0 saturated carbocycles. The molecule has 0 aliphatic rings. The van der Waals surface area contributed by atoms with Crippen LogP contribution in [0.3, 0.4) is 0 Å². The second-order valence-electron chi connectivity index (χ2n) is 3.37. The van der Waals surface area contributed by atoms with Crippen molar-refractivity contribution in [3.8, 4) is 11.1 Å². The zero-order valence-electron chi connectivity index (χ0n) is 8.96. The molecule has 0 fully saturated rings. The van der Waals surface area contributed by atoms with E-state index in [1.165, 1.54) is 0 Å². The summed E-state index contributed by atoms with van der Waals surface area (Å²) in [5.74, 6) is 0. The Labute approximate surface area is 106 Å². The van der Waals surface area contributed by atoms with Crippen LogP contribution in [0.15, 0.2) is 54.6 Å². The molecule has 2 aromatic rings. The maximum absolute atomic E-state index is 10.4. The standard InChI is InChI=1S/C13H11NO2.ClH/c15-13(16)14-12-8-6-11(7-9-12)10-4-2-1-3-5-10;/h1-9,14H,(H,15,16);1H. The summed E-state index contributed by atoms with van der Waals surface area (Å²) in [6.45, 7) is 0. The minimum atomic E-state index is -1.05. The van der Waals surface area contributed by atoms with Crippen molar-refractivity contribution in [2.75, 3.05) is 5.32 Å². The first-order chi connectivity index (χ1) is 7.75. The third-order valence-corrected chi connectivity index (χ3v) is 2.24. The van der Waals surface area contributed by atoms with Crippen LogP contribution in [0.5, 0.6) is 0 Å². The topological polar surface area (TPSA) is 49.3 Å². The van der Waals surface area contributed by atoms with Gasteiger partial charge in [0.15, 0.2) is 0 Å². The molecule has 0 aliphatic carbocycles. The summed E-state index contributed by atoms with van der Waals surface area (Å²) in [4.78, 5) is 10.4. The van der Waals surface area contributed by atoms with E-state index in [4.69, 9.17) is 5.11 Å². The largest absolute Gasteiger partial charge is 0.465 e. The Morgan fingerprint density at radius 3 is 1.94 bits per heavy atom. The highest BCUT2D eigenvalue weighted by Crippen LogP contribution is 2.20. The number of amides is 1. The van der Waals surface area contributed by atoms with Crippen LogP contribution in [-0.2, 0) is 0 Å². The predicted molar refractivity (Wildman–Crippen MR) is 70.8 cm³/mol. The number of carboxylic acid groups (broad SMARTS) is 1. The molecule has 0 heterocycles. The van der Waals surface area contributed by atoms with Crippen molar-refractivity contribution in [2.24, 2.45) is 0 Å². The summed E-state index contributed by atoms with van der Waals surface area (Å²) in [5.41, 5.74) is 2.76. The lowest BCUT2D eigenvalue weighted by Crippen LogP contribution is -2.06. The van der Waals surface area contributed by atoms with Crippen LogP contribution in [0.25, 0.3) is 11.1 Å². The van der Waals surface area contributed by atoms with E-state index in [-0.39, 0.29) is 12.4 Å². The fourth-order valence-corrected chi connectivity index (χ4v) is 1.50. The molecule has 2 N–H and O–H groups in total. The van der Waals surface area contributed by atoms with E-state index in [2.05, 4.69) is 5.32 Å². The van der Waals surface area contributed by atoms with Crippen molar-refractivity contribution in [3.63, 3.8) is 0 Å². The van der Waals surface area contributed by atoms with E-state index < -0.39 is 6.09 Å². The lowest BCUT2D eigenvalue weighted by molar-refractivity contribution is 0.210. The quantitative estimate of drug-likeness (QED) is 0.849. The second-order valence-corrected chi connectivity index (χ2v) is 3.37. The van der Waals surface area contributed by atoms with Crippen molar-refractivity contribution < 1.29 is 9.90 Å². The normalized spacial score (nSPS) is 9.18. The van der Waals surface area contributed by atoms with Crippen LogP contribution in [-0.4, -0.2) is 11.2 Å². The third kappa shape index (κ3) is 3.50. The van der Waals surface area contributed by atoms with Gasteiger partial charge in [-0.3, -0.25) is 5.32 Å². The summed E-state index contributed by atoms with van der Waals surface area (Å²) in [7, 11) is 0. The summed E-state index contributed by atoms with van der Waals surface area (Å²) in [6, 6.07) is 17.2. The lowest BCUT2D eigenvalue weighted by Gasteiger charge is -2.03. The van der Waals surface area contributed by atoms with Gasteiger partial charge in [-0.15, -0.1) is 12.4 Å². The number of benzene rings is 2. The number of halogens is 1. The summed E-state index contributed by atoms with van der Waals surface area (Å²) >= 11 is 0. The minimum absolute atomic E-state index is 0.